The molecule has 0 fully saturated rings. The number of benzene rings is 2. The minimum absolute atomic E-state index is 0.0474. The maximum absolute atomic E-state index is 12.4. The van der Waals surface area contributed by atoms with Crippen molar-refractivity contribution in [1.29, 1.82) is 0 Å². The molecule has 28 heavy (non-hydrogen) atoms. The number of nitrogens with one attached hydrogen (secondary N) is 1. The number of para-hydroxylation sites is 2. The van der Waals surface area contributed by atoms with Crippen LogP contribution in [0.1, 0.15) is 11.1 Å². The van der Waals surface area contributed by atoms with Gasteiger partial charge in [-0.15, -0.1) is 0 Å². The molecular formula is C22H20N4OS. The van der Waals surface area contributed by atoms with Gasteiger partial charge in [0.15, 0.2) is 5.16 Å². The molecule has 0 spiro atoms. The van der Waals surface area contributed by atoms with Gasteiger partial charge in [0.2, 0.25) is 5.91 Å². The van der Waals surface area contributed by atoms with Gasteiger partial charge in [-0.25, -0.2) is 4.98 Å². The molecular weight excluding hydrogens is 368 g/mol. The first-order chi connectivity index (χ1) is 13.7. The Kier molecular flexibility index (Phi) is 5.39. The predicted octanol–water partition coefficient (Wildman–Crippen LogP) is 4.52. The highest BCUT2D eigenvalue weighted by molar-refractivity contribution is 7.99. The Balaban J connectivity index is 1.52. The average molecular weight is 388 g/mol. The number of aromatic nitrogens is 3. The van der Waals surface area contributed by atoms with Crippen LogP contribution < -0.4 is 5.32 Å². The van der Waals surface area contributed by atoms with Crippen LogP contribution in [0.15, 0.2) is 78.2 Å². The summed E-state index contributed by atoms with van der Waals surface area (Å²) in [4.78, 5) is 21.3. The number of anilines is 1. The number of hydrogen-bond donors (Lipinski definition) is 1. The zero-order valence-electron chi connectivity index (χ0n) is 15.5. The second-order valence-corrected chi connectivity index (χ2v) is 7.48. The number of amides is 1. The van der Waals surface area contributed by atoms with Crippen LogP contribution >= 0.6 is 11.8 Å². The van der Waals surface area contributed by atoms with Crippen LogP contribution in [-0.2, 0) is 11.3 Å². The summed E-state index contributed by atoms with van der Waals surface area (Å²) < 4.78 is 2.14. The molecule has 0 aliphatic carbocycles. The molecule has 1 N–H and O–H groups in total. The van der Waals surface area contributed by atoms with Crippen LogP contribution in [0.4, 0.5) is 5.69 Å². The molecule has 140 valence electrons. The van der Waals surface area contributed by atoms with Crippen molar-refractivity contribution in [3.63, 3.8) is 0 Å². The van der Waals surface area contributed by atoms with Gasteiger partial charge in [-0.05, 0) is 42.8 Å². The molecule has 1 amide bonds. The number of imidazole rings is 1. The fourth-order valence-electron chi connectivity index (χ4n) is 2.95. The number of rotatable bonds is 6. The highest BCUT2D eigenvalue weighted by Crippen LogP contribution is 2.25. The van der Waals surface area contributed by atoms with E-state index in [1.165, 1.54) is 11.8 Å². The van der Waals surface area contributed by atoms with Gasteiger partial charge < -0.3 is 9.88 Å². The van der Waals surface area contributed by atoms with Gasteiger partial charge in [0.05, 0.1) is 23.3 Å². The maximum atomic E-state index is 12.4. The Hall–Kier alpha value is -3.12. The third kappa shape index (κ3) is 4.23. The summed E-state index contributed by atoms with van der Waals surface area (Å²) in [6.07, 6.45) is 3.62. The van der Waals surface area contributed by atoms with E-state index in [4.69, 9.17) is 4.98 Å². The zero-order chi connectivity index (χ0) is 19.3. The Morgan fingerprint density at radius 1 is 1.07 bits per heavy atom. The van der Waals surface area contributed by atoms with Crippen molar-refractivity contribution in [3.8, 4) is 0 Å². The normalized spacial score (nSPS) is 10.9. The Morgan fingerprint density at radius 3 is 2.68 bits per heavy atom. The van der Waals surface area contributed by atoms with Gasteiger partial charge >= 0.3 is 0 Å². The van der Waals surface area contributed by atoms with Crippen molar-refractivity contribution < 1.29 is 4.79 Å². The monoisotopic (exact) mass is 388 g/mol. The predicted molar refractivity (Wildman–Crippen MR) is 114 cm³/mol. The summed E-state index contributed by atoms with van der Waals surface area (Å²) >= 11 is 1.44. The minimum Gasteiger partial charge on any atom is -0.325 e. The van der Waals surface area contributed by atoms with Gasteiger partial charge in [-0.2, -0.15) is 0 Å². The lowest BCUT2D eigenvalue weighted by Gasteiger charge is -2.09. The first-order valence-corrected chi connectivity index (χ1v) is 10.0. The maximum Gasteiger partial charge on any atom is 0.234 e. The molecule has 0 saturated heterocycles. The van der Waals surface area contributed by atoms with Crippen molar-refractivity contribution >= 4 is 34.4 Å². The summed E-state index contributed by atoms with van der Waals surface area (Å²) in [5, 5.41) is 3.76. The van der Waals surface area contributed by atoms with E-state index in [0.29, 0.717) is 12.3 Å². The molecule has 2 aromatic carbocycles. The molecule has 5 nitrogen and oxygen atoms in total. The molecule has 0 saturated carbocycles. The summed E-state index contributed by atoms with van der Waals surface area (Å²) in [6.45, 7) is 2.68. The number of hydrogen-bond acceptors (Lipinski definition) is 4. The highest BCUT2D eigenvalue weighted by Gasteiger charge is 2.13. The van der Waals surface area contributed by atoms with Crippen LogP contribution in [0.5, 0.6) is 0 Å². The molecule has 0 atom stereocenters. The van der Waals surface area contributed by atoms with E-state index < -0.39 is 0 Å². The third-order valence-electron chi connectivity index (χ3n) is 4.35. The second kappa shape index (κ2) is 8.27. The Morgan fingerprint density at radius 2 is 1.89 bits per heavy atom. The number of thioether (sulfide) groups is 1. The lowest BCUT2D eigenvalue weighted by atomic mass is 10.2. The molecule has 4 rings (SSSR count). The van der Waals surface area contributed by atoms with E-state index in [9.17, 15) is 4.79 Å². The molecule has 0 aliphatic rings. The Bertz CT molecular complexity index is 1090. The number of fused-ring (bicyclic) bond motifs is 1. The Labute approximate surface area is 167 Å². The van der Waals surface area contributed by atoms with Gasteiger partial charge in [-0.1, -0.05) is 47.7 Å². The van der Waals surface area contributed by atoms with Gasteiger partial charge in [0.25, 0.3) is 0 Å². The quantitative estimate of drug-likeness (QED) is 0.494. The summed E-state index contributed by atoms with van der Waals surface area (Å²) in [6, 6.07) is 19.8. The van der Waals surface area contributed by atoms with Crippen molar-refractivity contribution in [2.45, 2.75) is 18.6 Å². The number of pyridine rings is 1. The smallest absolute Gasteiger partial charge is 0.234 e. The van der Waals surface area contributed by atoms with Crippen LogP contribution in [0.25, 0.3) is 11.0 Å². The van der Waals surface area contributed by atoms with Crippen LogP contribution in [0, 0.1) is 6.92 Å². The summed E-state index contributed by atoms with van der Waals surface area (Å²) in [5.74, 6) is 0.248. The molecule has 4 aromatic rings. The van der Waals surface area contributed by atoms with E-state index in [2.05, 4.69) is 20.9 Å². The number of carbonyl (C=O) groups excluding carboxylic acids is 1. The number of nitrogens with zero attached hydrogens (tertiary/aromatic N) is 3. The molecule has 0 unspecified atom stereocenters. The van der Waals surface area contributed by atoms with Gasteiger partial charge in [0, 0.05) is 18.1 Å². The van der Waals surface area contributed by atoms with E-state index in [0.717, 1.165) is 33.0 Å². The van der Waals surface area contributed by atoms with Crippen LogP contribution in [0.3, 0.4) is 0 Å². The first-order valence-electron chi connectivity index (χ1n) is 9.02. The summed E-state index contributed by atoms with van der Waals surface area (Å²) in [7, 11) is 0. The second-order valence-electron chi connectivity index (χ2n) is 6.53. The largest absolute Gasteiger partial charge is 0.325 e. The number of carbonyl (C=O) groups is 1. The van der Waals surface area contributed by atoms with Crippen LogP contribution in [-0.4, -0.2) is 26.2 Å². The van der Waals surface area contributed by atoms with E-state index in [-0.39, 0.29) is 5.91 Å². The highest BCUT2D eigenvalue weighted by atomic mass is 32.2. The third-order valence-corrected chi connectivity index (χ3v) is 5.33. The first kappa shape index (κ1) is 18.3. The van der Waals surface area contributed by atoms with Gasteiger partial charge in [-0.3, -0.25) is 9.78 Å². The zero-order valence-corrected chi connectivity index (χ0v) is 16.3. The van der Waals surface area contributed by atoms with E-state index >= 15 is 0 Å². The van der Waals surface area contributed by atoms with E-state index in [1.54, 1.807) is 6.20 Å². The van der Waals surface area contributed by atoms with Crippen molar-refractivity contribution in [2.75, 3.05) is 11.1 Å². The fraction of sp³-hybridized carbons (Fsp3) is 0.136. The van der Waals surface area contributed by atoms with Crippen molar-refractivity contribution in [3.05, 3.63) is 84.2 Å². The topological polar surface area (TPSA) is 59.8 Å². The lowest BCUT2D eigenvalue weighted by Crippen LogP contribution is -2.14. The average Bonchev–Trinajstić information content (AvgIpc) is 3.06. The molecule has 6 heteroatoms. The molecule has 0 aliphatic heterocycles. The molecule has 2 heterocycles. The van der Waals surface area contributed by atoms with Gasteiger partial charge in [0.1, 0.15) is 0 Å². The van der Waals surface area contributed by atoms with Crippen molar-refractivity contribution in [1.82, 2.24) is 14.5 Å². The fourth-order valence-corrected chi connectivity index (χ4v) is 3.77. The standard InChI is InChI=1S/C22H20N4OS/c1-16-8-10-18(11-9-16)24-21(27)15-28-22-25-19-6-2-3-7-20(19)26(22)14-17-5-4-12-23-13-17/h2-13H,14-15H2,1H3,(H,24,27). The molecule has 0 bridgehead atoms. The number of aryl methyl sites for hydroxylation is 1. The molecule has 2 aromatic heterocycles. The van der Waals surface area contributed by atoms with Crippen molar-refractivity contribution in [2.24, 2.45) is 0 Å². The summed E-state index contributed by atoms with van der Waals surface area (Å²) in [5.41, 5.74) is 5.04. The minimum atomic E-state index is -0.0474. The van der Waals surface area contributed by atoms with E-state index in [1.807, 2.05) is 67.7 Å². The van der Waals surface area contributed by atoms with Crippen LogP contribution in [0.2, 0.25) is 0 Å². The SMILES string of the molecule is Cc1ccc(NC(=O)CSc2nc3ccccc3n2Cc2cccnc2)cc1. The molecule has 0 radical (unpaired) electrons. The lowest BCUT2D eigenvalue weighted by molar-refractivity contribution is -0.113.